The van der Waals surface area contributed by atoms with E-state index in [9.17, 15) is 21.6 Å². The zero-order chi connectivity index (χ0) is 14.5. The molecule has 0 aliphatic carbocycles. The number of nitrogens with zero attached hydrogens (tertiary/aromatic N) is 1. The van der Waals surface area contributed by atoms with Crippen LogP contribution in [0, 0.1) is 0 Å². The molecule has 1 aliphatic rings. The predicted octanol–water partition coefficient (Wildman–Crippen LogP) is 0.579. The highest BCUT2D eigenvalue weighted by atomic mass is 32.2. The molecular weight excluding hydrogens is 285 g/mol. The Balaban J connectivity index is 2.38. The van der Waals surface area contributed by atoms with E-state index in [4.69, 9.17) is 4.74 Å². The van der Waals surface area contributed by atoms with E-state index in [-0.39, 0.29) is 12.6 Å². The first-order valence-corrected chi connectivity index (χ1v) is 7.65. The number of rotatable bonds is 6. The Bertz CT molecular complexity index is 367. The molecule has 19 heavy (non-hydrogen) atoms. The molecule has 114 valence electrons. The first-order chi connectivity index (χ1) is 8.71. The number of alkyl halides is 3. The Morgan fingerprint density at radius 1 is 1.42 bits per heavy atom. The summed E-state index contributed by atoms with van der Waals surface area (Å²) in [5.41, 5.74) is 0. The normalized spacial score (nSPS) is 21.8. The van der Waals surface area contributed by atoms with Crippen LogP contribution in [-0.4, -0.2) is 64.0 Å². The highest BCUT2D eigenvalue weighted by Gasteiger charge is 2.29. The molecule has 0 amide bonds. The number of hydrogen-bond donors (Lipinski definition) is 1. The third kappa shape index (κ3) is 6.55. The number of nitrogens with one attached hydrogen (secondary N) is 1. The Hall–Kier alpha value is -0.380. The van der Waals surface area contributed by atoms with Crippen LogP contribution >= 0.6 is 0 Å². The number of ether oxygens (including phenoxy) is 1. The highest BCUT2D eigenvalue weighted by Crippen LogP contribution is 2.22. The van der Waals surface area contributed by atoms with Crippen LogP contribution in [-0.2, 0) is 14.8 Å². The van der Waals surface area contributed by atoms with Gasteiger partial charge >= 0.3 is 6.18 Å². The SMILES string of the molecule is CN(CC1CNCCO1)S(=O)(=O)CCCC(F)(F)F. The summed E-state index contributed by atoms with van der Waals surface area (Å²) in [6.45, 7) is 1.93. The average Bonchev–Trinajstić information content (AvgIpc) is 2.28. The summed E-state index contributed by atoms with van der Waals surface area (Å²) in [5.74, 6) is -0.497. The van der Waals surface area contributed by atoms with Gasteiger partial charge in [0, 0.05) is 33.1 Å². The van der Waals surface area contributed by atoms with Crippen LogP contribution in [0.2, 0.25) is 0 Å². The van der Waals surface area contributed by atoms with Gasteiger partial charge in [-0.3, -0.25) is 0 Å². The summed E-state index contributed by atoms with van der Waals surface area (Å²) in [6.07, 6.45) is -6.07. The van der Waals surface area contributed by atoms with Crippen molar-refractivity contribution >= 4 is 10.0 Å². The zero-order valence-electron chi connectivity index (χ0n) is 10.7. The zero-order valence-corrected chi connectivity index (χ0v) is 11.6. The molecular formula is C10H19F3N2O3S. The van der Waals surface area contributed by atoms with Crippen LogP contribution in [0.5, 0.6) is 0 Å². The molecule has 1 atom stereocenters. The molecule has 1 unspecified atom stereocenters. The van der Waals surface area contributed by atoms with Crippen molar-refractivity contribution in [3.05, 3.63) is 0 Å². The quantitative estimate of drug-likeness (QED) is 0.780. The third-order valence-corrected chi connectivity index (χ3v) is 4.71. The van der Waals surface area contributed by atoms with Gasteiger partial charge in [-0.2, -0.15) is 13.2 Å². The van der Waals surface area contributed by atoms with Gasteiger partial charge in [0.1, 0.15) is 0 Å². The fourth-order valence-corrected chi connectivity index (χ4v) is 2.96. The number of likely N-dealkylation sites (N-methyl/N-ethyl adjacent to an activating group) is 1. The van der Waals surface area contributed by atoms with Gasteiger partial charge in [0.15, 0.2) is 0 Å². The Kier molecular flexibility index (Phi) is 6.03. The monoisotopic (exact) mass is 304 g/mol. The van der Waals surface area contributed by atoms with Crippen molar-refractivity contribution in [1.82, 2.24) is 9.62 Å². The molecule has 0 bridgehead atoms. The molecule has 1 fully saturated rings. The molecule has 0 aromatic carbocycles. The van der Waals surface area contributed by atoms with Crippen molar-refractivity contribution in [3.63, 3.8) is 0 Å². The minimum Gasteiger partial charge on any atom is -0.374 e. The molecule has 1 rings (SSSR count). The minimum absolute atomic E-state index is 0.154. The van der Waals surface area contributed by atoms with Crippen molar-refractivity contribution in [1.29, 1.82) is 0 Å². The molecule has 1 heterocycles. The van der Waals surface area contributed by atoms with Gasteiger partial charge in [-0.25, -0.2) is 12.7 Å². The summed E-state index contributed by atoms with van der Waals surface area (Å²) in [5, 5.41) is 3.06. The lowest BCUT2D eigenvalue weighted by Crippen LogP contribution is -2.46. The van der Waals surface area contributed by atoms with Crippen molar-refractivity contribution < 1.29 is 26.3 Å². The molecule has 1 aliphatic heterocycles. The van der Waals surface area contributed by atoms with Gasteiger partial charge in [-0.15, -0.1) is 0 Å². The van der Waals surface area contributed by atoms with Crippen molar-refractivity contribution in [3.8, 4) is 0 Å². The van der Waals surface area contributed by atoms with Gasteiger partial charge in [-0.05, 0) is 6.42 Å². The summed E-state index contributed by atoms with van der Waals surface area (Å²) >= 11 is 0. The fourth-order valence-electron chi connectivity index (χ4n) is 1.75. The van der Waals surface area contributed by atoms with E-state index < -0.39 is 34.8 Å². The van der Waals surface area contributed by atoms with Crippen LogP contribution < -0.4 is 5.32 Å². The van der Waals surface area contributed by atoms with E-state index >= 15 is 0 Å². The molecule has 0 saturated carbocycles. The van der Waals surface area contributed by atoms with Gasteiger partial charge in [0.05, 0.1) is 18.5 Å². The summed E-state index contributed by atoms with van der Waals surface area (Å²) in [4.78, 5) is 0. The van der Waals surface area contributed by atoms with Crippen molar-refractivity contribution in [2.24, 2.45) is 0 Å². The fraction of sp³-hybridized carbons (Fsp3) is 1.00. The van der Waals surface area contributed by atoms with Crippen molar-refractivity contribution in [2.45, 2.75) is 25.1 Å². The summed E-state index contributed by atoms with van der Waals surface area (Å²) in [6, 6.07) is 0. The Labute approximate surface area is 111 Å². The molecule has 0 aromatic heterocycles. The Morgan fingerprint density at radius 2 is 2.11 bits per heavy atom. The second kappa shape index (κ2) is 6.87. The number of sulfonamides is 1. The molecule has 0 spiro atoms. The largest absolute Gasteiger partial charge is 0.389 e. The smallest absolute Gasteiger partial charge is 0.374 e. The molecule has 5 nitrogen and oxygen atoms in total. The van der Waals surface area contributed by atoms with E-state index in [1.165, 1.54) is 7.05 Å². The topological polar surface area (TPSA) is 58.6 Å². The molecule has 0 aromatic rings. The van der Waals surface area contributed by atoms with Crippen molar-refractivity contribution in [2.75, 3.05) is 39.0 Å². The maximum atomic E-state index is 12.0. The lowest BCUT2D eigenvalue weighted by molar-refractivity contribution is -0.134. The molecule has 0 radical (unpaired) electrons. The lowest BCUT2D eigenvalue weighted by Gasteiger charge is -2.27. The summed E-state index contributed by atoms with van der Waals surface area (Å²) < 4.78 is 65.9. The average molecular weight is 304 g/mol. The van der Waals surface area contributed by atoms with Gasteiger partial charge in [0.25, 0.3) is 0 Å². The maximum absolute atomic E-state index is 12.0. The minimum atomic E-state index is -4.31. The first-order valence-electron chi connectivity index (χ1n) is 6.04. The van der Waals surface area contributed by atoms with E-state index in [0.717, 1.165) is 10.8 Å². The van der Waals surface area contributed by atoms with Gasteiger partial charge < -0.3 is 10.1 Å². The maximum Gasteiger partial charge on any atom is 0.389 e. The second-order valence-corrected chi connectivity index (χ2v) is 6.71. The first kappa shape index (κ1) is 16.7. The van der Waals surface area contributed by atoms with E-state index in [1.54, 1.807) is 0 Å². The highest BCUT2D eigenvalue weighted by molar-refractivity contribution is 7.89. The number of halogens is 3. The standard InChI is InChI=1S/C10H19F3N2O3S/c1-15(8-9-7-14-4-5-18-9)19(16,17)6-2-3-10(11,12)13/h9,14H,2-8H2,1H3. The van der Waals surface area contributed by atoms with Crippen LogP contribution in [0.25, 0.3) is 0 Å². The number of hydrogen-bond acceptors (Lipinski definition) is 4. The number of morpholine rings is 1. The summed E-state index contributed by atoms with van der Waals surface area (Å²) in [7, 11) is -2.29. The van der Waals surface area contributed by atoms with Crippen LogP contribution in [0.4, 0.5) is 13.2 Å². The predicted molar refractivity (Wildman–Crippen MR) is 64.3 cm³/mol. The molecule has 1 N–H and O–H groups in total. The third-order valence-electron chi connectivity index (χ3n) is 2.80. The van der Waals surface area contributed by atoms with Crippen LogP contribution in [0.1, 0.15) is 12.8 Å². The molecule has 9 heteroatoms. The van der Waals surface area contributed by atoms with Gasteiger partial charge in [0.2, 0.25) is 10.0 Å². The van der Waals surface area contributed by atoms with Crippen LogP contribution in [0.3, 0.4) is 0 Å². The van der Waals surface area contributed by atoms with Crippen LogP contribution in [0.15, 0.2) is 0 Å². The van der Waals surface area contributed by atoms with E-state index in [0.29, 0.717) is 13.2 Å². The Morgan fingerprint density at radius 3 is 2.63 bits per heavy atom. The van der Waals surface area contributed by atoms with E-state index in [2.05, 4.69) is 5.32 Å². The lowest BCUT2D eigenvalue weighted by atomic mass is 10.3. The second-order valence-electron chi connectivity index (χ2n) is 4.51. The molecule has 1 saturated heterocycles. The van der Waals surface area contributed by atoms with Gasteiger partial charge in [-0.1, -0.05) is 0 Å². The van der Waals surface area contributed by atoms with E-state index in [1.807, 2.05) is 0 Å².